The van der Waals surface area contributed by atoms with Gasteiger partial charge in [-0.3, -0.25) is 9.36 Å². The molecule has 0 amide bonds. The largest absolute Gasteiger partial charge is 0.410 e. The molecule has 196 valence electrons. The van der Waals surface area contributed by atoms with Crippen molar-refractivity contribution in [2.24, 2.45) is 34.0 Å². The first kappa shape index (κ1) is 25.6. The van der Waals surface area contributed by atoms with Gasteiger partial charge in [0.15, 0.2) is 11.6 Å². The molecular formula is C27H41O7P. The summed E-state index contributed by atoms with van der Waals surface area (Å²) in [6.45, 7) is 15.1. The van der Waals surface area contributed by atoms with Crippen LogP contribution in [0.1, 0.15) is 73.6 Å². The summed E-state index contributed by atoms with van der Waals surface area (Å²) in [6.07, 6.45) is 3.57. The third kappa shape index (κ3) is 3.17. The van der Waals surface area contributed by atoms with Crippen LogP contribution in [0.3, 0.4) is 0 Å². The zero-order chi connectivity index (χ0) is 26.0. The monoisotopic (exact) mass is 508 g/mol. The first-order valence-corrected chi connectivity index (χ1v) is 15.5. The van der Waals surface area contributed by atoms with E-state index in [2.05, 4.69) is 20.8 Å². The molecule has 8 heteroatoms. The number of aliphatic hydroxyl groups is 1. The second-order valence-corrected chi connectivity index (χ2v) is 16.1. The van der Waals surface area contributed by atoms with Gasteiger partial charge in [0.05, 0.1) is 6.10 Å². The molecule has 35 heavy (non-hydrogen) atoms. The van der Waals surface area contributed by atoms with E-state index >= 15 is 0 Å². The molecule has 4 fully saturated rings. The maximum Gasteiger partial charge on any atom is 0.346 e. The van der Waals surface area contributed by atoms with Crippen molar-refractivity contribution in [2.45, 2.75) is 97.2 Å². The highest BCUT2D eigenvalue weighted by Crippen LogP contribution is 2.75. The van der Waals surface area contributed by atoms with Gasteiger partial charge in [0.1, 0.15) is 6.10 Å². The quantitative estimate of drug-likeness (QED) is 0.540. The Labute approximate surface area is 208 Å². The van der Waals surface area contributed by atoms with Crippen molar-refractivity contribution in [3.63, 3.8) is 0 Å². The number of fused-ring (bicyclic) bond motifs is 7. The second-order valence-electron chi connectivity index (χ2n) is 13.4. The minimum absolute atomic E-state index is 0.0381. The molecule has 5 aliphatic rings. The van der Waals surface area contributed by atoms with Crippen molar-refractivity contribution in [2.75, 3.05) is 13.3 Å². The van der Waals surface area contributed by atoms with Crippen molar-refractivity contribution in [1.29, 1.82) is 0 Å². The fourth-order valence-electron chi connectivity index (χ4n) is 9.11. The fraction of sp³-hybridized carbons (Fsp3) is 0.852. The molecule has 0 aromatic carbocycles. The predicted octanol–water partition coefficient (Wildman–Crippen LogP) is 4.71. The number of allylic oxidation sites excluding steroid dienone is 1. The number of carbonyl (C=O) groups is 2. The molecule has 5 rings (SSSR count). The van der Waals surface area contributed by atoms with Crippen LogP contribution in [0.5, 0.6) is 0 Å². The molecule has 0 aromatic rings. The van der Waals surface area contributed by atoms with E-state index < -0.39 is 47.8 Å². The Balaban J connectivity index is 1.64. The zero-order valence-corrected chi connectivity index (χ0v) is 23.2. The molecule has 1 saturated heterocycles. The van der Waals surface area contributed by atoms with Gasteiger partial charge in [-0.05, 0) is 68.8 Å². The van der Waals surface area contributed by atoms with E-state index in [1.165, 1.54) is 13.3 Å². The SMILES string of the molecule is CC1CC2C3CC4OC(C)(C)O[C@@]4(C(=O)OP(C)(C)=O)[C@@]3(C)C[C@H](O)C2(C)[C@@]2(C)CCC(=O)C=C12. The van der Waals surface area contributed by atoms with E-state index in [0.29, 0.717) is 19.3 Å². The first-order valence-electron chi connectivity index (χ1n) is 13.0. The van der Waals surface area contributed by atoms with E-state index in [4.69, 9.17) is 14.0 Å². The summed E-state index contributed by atoms with van der Waals surface area (Å²) in [7, 11) is -3.14. The van der Waals surface area contributed by atoms with Gasteiger partial charge in [0.25, 0.3) is 0 Å². The molecule has 1 heterocycles. The predicted molar refractivity (Wildman–Crippen MR) is 131 cm³/mol. The van der Waals surface area contributed by atoms with Crippen LogP contribution in [0, 0.1) is 34.0 Å². The summed E-state index contributed by atoms with van der Waals surface area (Å²) in [5.41, 5.74) is -1.80. The molecule has 1 N–H and O–H groups in total. The van der Waals surface area contributed by atoms with E-state index in [-0.39, 0.29) is 29.0 Å². The number of hydrogen-bond donors (Lipinski definition) is 1. The van der Waals surface area contributed by atoms with Gasteiger partial charge >= 0.3 is 5.97 Å². The summed E-state index contributed by atoms with van der Waals surface area (Å²) in [4.78, 5) is 26.2. The molecular weight excluding hydrogens is 467 g/mol. The molecule has 0 spiro atoms. The van der Waals surface area contributed by atoms with E-state index in [1.807, 2.05) is 13.0 Å². The number of ether oxygens (including phenoxy) is 2. The highest BCUT2D eigenvalue weighted by Gasteiger charge is 2.80. The maximum absolute atomic E-state index is 13.8. The van der Waals surface area contributed by atoms with Crippen LogP contribution in [0.15, 0.2) is 11.6 Å². The van der Waals surface area contributed by atoms with Crippen molar-refractivity contribution in [1.82, 2.24) is 0 Å². The van der Waals surface area contributed by atoms with Crippen molar-refractivity contribution in [3.05, 3.63) is 11.6 Å². The second kappa shape index (κ2) is 7.30. The van der Waals surface area contributed by atoms with Crippen LogP contribution in [-0.4, -0.2) is 53.8 Å². The minimum Gasteiger partial charge on any atom is -0.410 e. The number of hydrogen-bond acceptors (Lipinski definition) is 7. The van der Waals surface area contributed by atoms with Crippen LogP contribution in [0.2, 0.25) is 0 Å². The number of rotatable bonds is 2. The molecule has 4 aliphatic carbocycles. The van der Waals surface area contributed by atoms with E-state index in [1.54, 1.807) is 13.8 Å². The van der Waals surface area contributed by atoms with Crippen LogP contribution >= 0.6 is 7.37 Å². The van der Waals surface area contributed by atoms with Crippen molar-refractivity contribution < 1.29 is 33.3 Å². The summed E-state index contributed by atoms with van der Waals surface area (Å²) >= 11 is 0. The van der Waals surface area contributed by atoms with Crippen molar-refractivity contribution in [3.8, 4) is 0 Å². The molecule has 5 unspecified atom stereocenters. The lowest BCUT2D eigenvalue weighted by molar-refractivity contribution is -0.251. The average Bonchev–Trinajstić information content (AvgIpc) is 3.11. The lowest BCUT2D eigenvalue weighted by Crippen LogP contribution is -2.68. The van der Waals surface area contributed by atoms with Crippen LogP contribution < -0.4 is 0 Å². The third-order valence-electron chi connectivity index (χ3n) is 10.7. The van der Waals surface area contributed by atoms with Gasteiger partial charge in [0, 0.05) is 30.6 Å². The number of aliphatic hydroxyl groups excluding tert-OH is 1. The average molecular weight is 509 g/mol. The summed E-state index contributed by atoms with van der Waals surface area (Å²) < 4.78 is 31.0. The normalized spacial score (nSPS) is 50.5. The van der Waals surface area contributed by atoms with Gasteiger partial charge in [-0.25, -0.2) is 4.79 Å². The van der Waals surface area contributed by atoms with Gasteiger partial charge in [-0.1, -0.05) is 33.3 Å². The maximum atomic E-state index is 13.8. The molecule has 0 aromatic heterocycles. The Kier molecular flexibility index (Phi) is 5.35. The molecule has 9 atom stereocenters. The van der Waals surface area contributed by atoms with Crippen LogP contribution in [-0.2, 0) is 28.2 Å². The van der Waals surface area contributed by atoms with Crippen LogP contribution in [0.25, 0.3) is 0 Å². The summed E-state index contributed by atoms with van der Waals surface area (Å²) in [6, 6.07) is 0. The van der Waals surface area contributed by atoms with E-state index in [0.717, 1.165) is 18.4 Å². The fourth-order valence-corrected chi connectivity index (χ4v) is 9.65. The van der Waals surface area contributed by atoms with E-state index in [9.17, 15) is 19.3 Å². The Bertz CT molecular complexity index is 1060. The zero-order valence-electron chi connectivity index (χ0n) is 22.3. The Morgan fingerprint density at radius 2 is 1.80 bits per heavy atom. The van der Waals surface area contributed by atoms with Crippen molar-refractivity contribution >= 4 is 19.1 Å². The number of ketones is 1. The third-order valence-corrected chi connectivity index (χ3v) is 11.4. The smallest absolute Gasteiger partial charge is 0.346 e. The molecule has 7 nitrogen and oxygen atoms in total. The highest BCUT2D eigenvalue weighted by atomic mass is 31.2. The minimum atomic E-state index is -3.14. The van der Waals surface area contributed by atoms with Gasteiger partial charge < -0.3 is 19.1 Å². The lowest BCUT2D eigenvalue weighted by Gasteiger charge is -2.67. The summed E-state index contributed by atoms with van der Waals surface area (Å²) in [5, 5.41) is 12.0. The Hall–Kier alpha value is -1.01. The molecule has 3 saturated carbocycles. The molecule has 1 aliphatic heterocycles. The van der Waals surface area contributed by atoms with Gasteiger partial charge in [-0.15, -0.1) is 0 Å². The number of carbonyl (C=O) groups excluding carboxylic acids is 2. The Morgan fingerprint density at radius 1 is 1.14 bits per heavy atom. The first-order chi connectivity index (χ1) is 15.9. The molecule has 0 bridgehead atoms. The molecule has 0 radical (unpaired) electrons. The van der Waals surface area contributed by atoms with Gasteiger partial charge in [-0.2, -0.15) is 0 Å². The van der Waals surface area contributed by atoms with Crippen LogP contribution in [0.4, 0.5) is 0 Å². The highest BCUT2D eigenvalue weighted by molar-refractivity contribution is 7.57. The summed E-state index contributed by atoms with van der Waals surface area (Å²) in [5.74, 6) is -1.13. The topological polar surface area (TPSA) is 99.1 Å². The standard InChI is InChI=1S/C27H41O7P/c1-15-11-19-18-13-21-27(34-23(2,3)32-21,22(30)33-35(7,8)31)25(18,5)14-20(29)26(19,6)24(4)10-9-16(28)12-17(15)24/h12,15,18-21,29H,9-11,13-14H2,1-8H3/t15?,18?,19?,20-,21?,24-,25-,26?,27-/m0/s1. The Morgan fingerprint density at radius 3 is 2.43 bits per heavy atom. The lowest BCUT2D eigenvalue weighted by atomic mass is 9.38. The van der Waals surface area contributed by atoms with Gasteiger partial charge in [0.2, 0.25) is 13.0 Å².